The van der Waals surface area contributed by atoms with E-state index in [0.29, 0.717) is 22.2 Å². The fourth-order valence-corrected chi connectivity index (χ4v) is 2.54. The molecule has 3 N–H and O–H groups in total. The number of nitrogen functional groups attached to an aromatic ring is 1. The van der Waals surface area contributed by atoms with Gasteiger partial charge in [0.1, 0.15) is 12.1 Å². The van der Waals surface area contributed by atoms with E-state index in [-0.39, 0.29) is 0 Å². The van der Waals surface area contributed by atoms with Crippen LogP contribution < -0.4 is 11.1 Å². The molecule has 6 nitrogen and oxygen atoms in total. The highest BCUT2D eigenvalue weighted by molar-refractivity contribution is 6.30. The third-order valence-corrected chi connectivity index (χ3v) is 3.86. The second-order valence-electron chi connectivity index (χ2n) is 5.24. The van der Waals surface area contributed by atoms with E-state index in [0.717, 1.165) is 16.8 Å². The Kier molecular flexibility index (Phi) is 3.51. The largest absolute Gasteiger partial charge is 0.399 e. The molecule has 0 aliphatic carbocycles. The van der Waals surface area contributed by atoms with Crippen LogP contribution in [0.5, 0.6) is 0 Å². The summed E-state index contributed by atoms with van der Waals surface area (Å²) in [5, 5.41) is 9.19. The maximum absolute atomic E-state index is 5.94. The second kappa shape index (κ2) is 5.82. The molecule has 0 fully saturated rings. The van der Waals surface area contributed by atoms with E-state index in [1.165, 1.54) is 6.33 Å². The third kappa shape index (κ3) is 2.63. The van der Waals surface area contributed by atoms with Gasteiger partial charge < -0.3 is 11.1 Å². The number of aromatic nitrogens is 4. The Balaban J connectivity index is 1.76. The van der Waals surface area contributed by atoms with Crippen LogP contribution in [0.4, 0.5) is 17.2 Å². The zero-order valence-electron chi connectivity index (χ0n) is 12.5. The summed E-state index contributed by atoms with van der Waals surface area (Å²) < 4.78 is 1.75. The number of nitrogens with one attached hydrogen (secondary N) is 1. The third-order valence-electron chi connectivity index (χ3n) is 3.61. The summed E-state index contributed by atoms with van der Waals surface area (Å²) >= 11 is 5.94. The number of halogens is 1. The molecule has 2 aromatic carbocycles. The van der Waals surface area contributed by atoms with Crippen LogP contribution in [-0.4, -0.2) is 19.7 Å². The number of nitrogens with zero attached hydrogens (tertiary/aromatic N) is 4. The SMILES string of the molecule is Nc1ccc(Nc2ncnc3c2cnn3-c2ccc(Cl)cc2)cc1. The van der Waals surface area contributed by atoms with E-state index in [2.05, 4.69) is 20.4 Å². The van der Waals surface area contributed by atoms with Crippen LogP contribution in [0.3, 0.4) is 0 Å². The van der Waals surface area contributed by atoms with Gasteiger partial charge >= 0.3 is 0 Å². The minimum Gasteiger partial charge on any atom is -0.399 e. The Hall–Kier alpha value is -3.12. The highest BCUT2D eigenvalue weighted by atomic mass is 35.5. The van der Waals surface area contributed by atoms with E-state index in [4.69, 9.17) is 17.3 Å². The molecule has 2 aromatic heterocycles. The lowest BCUT2D eigenvalue weighted by atomic mass is 10.3. The molecular weight excluding hydrogens is 324 g/mol. The molecule has 4 rings (SSSR count). The Bertz CT molecular complexity index is 992. The lowest BCUT2D eigenvalue weighted by Gasteiger charge is -2.07. The minimum absolute atomic E-state index is 0.676. The molecule has 2 heterocycles. The van der Waals surface area contributed by atoms with Crippen LogP contribution >= 0.6 is 11.6 Å². The van der Waals surface area contributed by atoms with Gasteiger partial charge in [0.05, 0.1) is 17.3 Å². The molecule has 7 heteroatoms. The van der Waals surface area contributed by atoms with Crippen molar-refractivity contribution in [2.24, 2.45) is 0 Å². The van der Waals surface area contributed by atoms with E-state index >= 15 is 0 Å². The average molecular weight is 337 g/mol. The van der Waals surface area contributed by atoms with Crippen molar-refractivity contribution in [2.45, 2.75) is 0 Å². The van der Waals surface area contributed by atoms with Crippen molar-refractivity contribution >= 4 is 39.8 Å². The smallest absolute Gasteiger partial charge is 0.168 e. The van der Waals surface area contributed by atoms with Crippen molar-refractivity contribution in [3.05, 3.63) is 66.1 Å². The predicted octanol–water partition coefficient (Wildman–Crippen LogP) is 3.79. The molecule has 0 unspecified atom stereocenters. The highest BCUT2D eigenvalue weighted by Crippen LogP contribution is 2.25. The molecule has 0 amide bonds. The molecule has 0 radical (unpaired) electrons. The summed E-state index contributed by atoms with van der Waals surface area (Å²) in [6, 6.07) is 14.9. The Morgan fingerprint density at radius 3 is 2.46 bits per heavy atom. The van der Waals surface area contributed by atoms with Crippen molar-refractivity contribution in [2.75, 3.05) is 11.1 Å². The zero-order valence-corrected chi connectivity index (χ0v) is 13.3. The minimum atomic E-state index is 0.676. The number of benzene rings is 2. The second-order valence-corrected chi connectivity index (χ2v) is 5.68. The molecule has 0 bridgehead atoms. The highest BCUT2D eigenvalue weighted by Gasteiger charge is 2.11. The predicted molar refractivity (Wildman–Crippen MR) is 95.8 cm³/mol. The van der Waals surface area contributed by atoms with Crippen molar-refractivity contribution in [3.63, 3.8) is 0 Å². The van der Waals surface area contributed by atoms with Gasteiger partial charge in [-0.3, -0.25) is 0 Å². The van der Waals surface area contributed by atoms with Gasteiger partial charge in [0, 0.05) is 16.4 Å². The van der Waals surface area contributed by atoms with Crippen LogP contribution in [-0.2, 0) is 0 Å². The van der Waals surface area contributed by atoms with Gasteiger partial charge in [0.15, 0.2) is 5.65 Å². The molecule has 24 heavy (non-hydrogen) atoms. The van der Waals surface area contributed by atoms with Crippen LogP contribution in [0, 0.1) is 0 Å². The van der Waals surface area contributed by atoms with Gasteiger partial charge in [-0.2, -0.15) is 5.10 Å². The Labute approximate surface area is 142 Å². The lowest BCUT2D eigenvalue weighted by Crippen LogP contribution is -1.99. The summed E-state index contributed by atoms with van der Waals surface area (Å²) in [5.74, 6) is 0.685. The van der Waals surface area contributed by atoms with E-state index < -0.39 is 0 Å². The van der Waals surface area contributed by atoms with Gasteiger partial charge in [-0.1, -0.05) is 11.6 Å². The summed E-state index contributed by atoms with van der Waals surface area (Å²) in [4.78, 5) is 8.67. The molecule has 0 saturated heterocycles. The fourth-order valence-electron chi connectivity index (χ4n) is 2.42. The fraction of sp³-hybridized carbons (Fsp3) is 0. The average Bonchev–Trinajstić information content (AvgIpc) is 3.03. The summed E-state index contributed by atoms with van der Waals surface area (Å²) in [5.41, 5.74) is 8.91. The van der Waals surface area contributed by atoms with Crippen LogP contribution in [0.2, 0.25) is 5.02 Å². The standard InChI is InChI=1S/C17H13ClN6/c18-11-1-7-14(8-2-11)24-17-15(9-22-24)16(20-10-21-17)23-13-5-3-12(19)4-6-13/h1-10H,19H2,(H,20,21,23). The first-order valence-corrected chi connectivity index (χ1v) is 7.66. The first-order chi connectivity index (χ1) is 11.7. The summed E-state index contributed by atoms with van der Waals surface area (Å²) in [6.07, 6.45) is 3.25. The molecule has 0 atom stereocenters. The van der Waals surface area contributed by atoms with E-state index in [1.54, 1.807) is 10.9 Å². The Morgan fingerprint density at radius 1 is 0.958 bits per heavy atom. The van der Waals surface area contributed by atoms with Crippen molar-refractivity contribution < 1.29 is 0 Å². The van der Waals surface area contributed by atoms with Gasteiger partial charge in [-0.25, -0.2) is 14.6 Å². The molecular formula is C17H13ClN6. The normalized spacial score (nSPS) is 10.9. The maximum Gasteiger partial charge on any atom is 0.168 e. The van der Waals surface area contributed by atoms with Crippen LogP contribution in [0.25, 0.3) is 16.7 Å². The lowest BCUT2D eigenvalue weighted by molar-refractivity contribution is 0.895. The number of rotatable bonds is 3. The van der Waals surface area contributed by atoms with Crippen molar-refractivity contribution in [1.29, 1.82) is 0 Å². The van der Waals surface area contributed by atoms with Crippen LogP contribution in [0.1, 0.15) is 0 Å². The molecule has 0 saturated carbocycles. The maximum atomic E-state index is 5.94. The monoisotopic (exact) mass is 336 g/mol. The number of nitrogens with two attached hydrogens (primary N) is 1. The molecule has 4 aromatic rings. The molecule has 0 aliphatic heterocycles. The van der Waals surface area contributed by atoms with Crippen molar-refractivity contribution in [3.8, 4) is 5.69 Å². The van der Waals surface area contributed by atoms with E-state index in [1.807, 2.05) is 48.5 Å². The summed E-state index contributed by atoms with van der Waals surface area (Å²) in [6.45, 7) is 0. The number of fused-ring (bicyclic) bond motifs is 1. The zero-order chi connectivity index (χ0) is 16.5. The molecule has 118 valence electrons. The summed E-state index contributed by atoms with van der Waals surface area (Å²) in [7, 11) is 0. The molecule has 0 aliphatic rings. The Morgan fingerprint density at radius 2 is 1.71 bits per heavy atom. The van der Waals surface area contributed by atoms with Gasteiger partial charge in [-0.05, 0) is 48.5 Å². The quantitative estimate of drug-likeness (QED) is 0.556. The number of anilines is 3. The van der Waals surface area contributed by atoms with Gasteiger partial charge in [-0.15, -0.1) is 0 Å². The van der Waals surface area contributed by atoms with Gasteiger partial charge in [0.25, 0.3) is 0 Å². The number of hydrogen-bond donors (Lipinski definition) is 2. The topological polar surface area (TPSA) is 81.7 Å². The van der Waals surface area contributed by atoms with Crippen molar-refractivity contribution in [1.82, 2.24) is 19.7 Å². The first-order valence-electron chi connectivity index (χ1n) is 7.28. The van der Waals surface area contributed by atoms with Crippen LogP contribution in [0.15, 0.2) is 61.1 Å². The molecule has 0 spiro atoms. The van der Waals surface area contributed by atoms with E-state index in [9.17, 15) is 0 Å². The number of hydrogen-bond acceptors (Lipinski definition) is 5. The first kappa shape index (κ1) is 14.5. The van der Waals surface area contributed by atoms with Gasteiger partial charge in [0.2, 0.25) is 0 Å².